The van der Waals surface area contributed by atoms with Crippen LogP contribution in [-0.4, -0.2) is 34.9 Å². The molecule has 0 aromatic heterocycles. The van der Waals surface area contributed by atoms with Crippen LogP contribution >= 0.6 is 0 Å². The van der Waals surface area contributed by atoms with E-state index in [0.29, 0.717) is 24.3 Å². The zero-order valence-corrected chi connectivity index (χ0v) is 13.0. The van der Waals surface area contributed by atoms with Gasteiger partial charge in [0.15, 0.2) is 0 Å². The first-order chi connectivity index (χ1) is 11.7. The molecule has 0 saturated heterocycles. The third-order valence-corrected chi connectivity index (χ3v) is 3.65. The van der Waals surface area contributed by atoms with Gasteiger partial charge in [-0.25, -0.2) is 9.40 Å². The average molecular weight is 328 g/mol. The molecule has 2 aromatic carbocycles. The van der Waals surface area contributed by atoms with E-state index in [0.717, 1.165) is 11.3 Å². The van der Waals surface area contributed by atoms with Crippen LogP contribution in [0, 0.1) is 5.82 Å². The number of hydrogen-bond acceptors (Lipinski definition) is 4. The van der Waals surface area contributed by atoms with Crippen molar-refractivity contribution in [1.82, 2.24) is 5.01 Å². The van der Waals surface area contributed by atoms with Gasteiger partial charge in [-0.2, -0.15) is 5.10 Å². The van der Waals surface area contributed by atoms with Crippen LogP contribution in [-0.2, 0) is 4.79 Å². The summed E-state index contributed by atoms with van der Waals surface area (Å²) in [5.74, 6) is 0.794. The van der Waals surface area contributed by atoms with E-state index in [9.17, 15) is 9.18 Å². The van der Waals surface area contributed by atoms with Gasteiger partial charge in [0.25, 0.3) is 0 Å². The molecule has 6 heteroatoms. The van der Waals surface area contributed by atoms with E-state index in [4.69, 9.17) is 9.84 Å². The molecule has 0 atom stereocenters. The van der Waals surface area contributed by atoms with Gasteiger partial charge < -0.3 is 9.84 Å². The number of rotatable bonds is 5. The molecule has 1 N–H and O–H groups in total. The first kappa shape index (κ1) is 16.1. The number of aliphatic hydroxyl groups is 1. The van der Waals surface area contributed by atoms with Crippen molar-refractivity contribution in [3.05, 3.63) is 59.9 Å². The van der Waals surface area contributed by atoms with Crippen LogP contribution in [0.15, 0.2) is 53.6 Å². The molecule has 0 unspecified atom stereocenters. The Kier molecular flexibility index (Phi) is 4.86. The summed E-state index contributed by atoms with van der Waals surface area (Å²) >= 11 is 0. The smallest absolute Gasteiger partial charge is 0.243 e. The van der Waals surface area contributed by atoms with E-state index in [1.54, 1.807) is 24.3 Å². The number of ether oxygens (including phenoxy) is 1. The Bertz CT molecular complexity index is 742. The van der Waals surface area contributed by atoms with E-state index < -0.39 is 0 Å². The predicted octanol–water partition coefficient (Wildman–Crippen LogP) is 2.94. The predicted molar refractivity (Wildman–Crippen MR) is 87.5 cm³/mol. The van der Waals surface area contributed by atoms with Gasteiger partial charge in [-0.15, -0.1) is 0 Å². The largest absolute Gasteiger partial charge is 0.457 e. The molecule has 1 aliphatic heterocycles. The van der Waals surface area contributed by atoms with Crippen molar-refractivity contribution >= 4 is 11.6 Å². The highest BCUT2D eigenvalue weighted by molar-refractivity contribution is 6.04. The Morgan fingerprint density at radius 1 is 1.04 bits per heavy atom. The summed E-state index contributed by atoms with van der Waals surface area (Å²) in [6.07, 6.45) is 0.950. The van der Waals surface area contributed by atoms with Gasteiger partial charge >= 0.3 is 0 Å². The molecule has 0 fully saturated rings. The fourth-order valence-corrected chi connectivity index (χ4v) is 2.43. The minimum absolute atomic E-state index is 0.0796. The van der Waals surface area contributed by atoms with Crippen LogP contribution < -0.4 is 4.74 Å². The van der Waals surface area contributed by atoms with Crippen LogP contribution in [0.4, 0.5) is 4.39 Å². The Labute approximate surface area is 139 Å². The van der Waals surface area contributed by atoms with Crippen molar-refractivity contribution in [3.63, 3.8) is 0 Å². The summed E-state index contributed by atoms with van der Waals surface area (Å²) in [5.41, 5.74) is 1.70. The maximum absolute atomic E-state index is 12.9. The summed E-state index contributed by atoms with van der Waals surface area (Å²) < 4.78 is 18.5. The second kappa shape index (κ2) is 7.23. The topological polar surface area (TPSA) is 62.1 Å². The minimum atomic E-state index is -0.310. The molecule has 2 aromatic rings. The minimum Gasteiger partial charge on any atom is -0.457 e. The van der Waals surface area contributed by atoms with Crippen LogP contribution in [0.5, 0.6) is 11.5 Å². The Hall–Kier alpha value is -2.73. The van der Waals surface area contributed by atoms with E-state index in [-0.39, 0.29) is 24.9 Å². The van der Waals surface area contributed by atoms with E-state index in [1.807, 2.05) is 12.1 Å². The summed E-state index contributed by atoms with van der Waals surface area (Å²) in [7, 11) is 0. The standard InChI is InChI=1S/C18H17FN2O3/c19-14-3-7-16(8-4-14)24-15-5-1-13(2-6-15)17-9-10-18(23)21(20-17)11-12-22/h1-8,22H,9-12H2. The summed E-state index contributed by atoms with van der Waals surface area (Å²) in [6, 6.07) is 13.1. The number of carbonyl (C=O) groups excluding carboxylic acids is 1. The molecule has 0 radical (unpaired) electrons. The lowest BCUT2D eigenvalue weighted by Crippen LogP contribution is -2.34. The number of benzene rings is 2. The first-order valence-electron chi connectivity index (χ1n) is 7.68. The molecule has 3 rings (SSSR count). The van der Waals surface area contributed by atoms with Gasteiger partial charge in [0.1, 0.15) is 17.3 Å². The van der Waals surface area contributed by atoms with Crippen molar-refractivity contribution in [3.8, 4) is 11.5 Å². The normalized spacial score (nSPS) is 14.5. The zero-order chi connectivity index (χ0) is 16.9. The van der Waals surface area contributed by atoms with Gasteiger partial charge in [0, 0.05) is 12.8 Å². The van der Waals surface area contributed by atoms with Gasteiger partial charge in [-0.05, 0) is 54.1 Å². The molecule has 1 heterocycles. The number of nitrogens with zero attached hydrogens (tertiary/aromatic N) is 2. The fraction of sp³-hybridized carbons (Fsp3) is 0.222. The Balaban J connectivity index is 1.73. The summed E-state index contributed by atoms with van der Waals surface area (Å²) in [6.45, 7) is 0.0844. The van der Waals surface area contributed by atoms with Gasteiger partial charge in [0.2, 0.25) is 5.91 Å². The molecule has 1 aliphatic rings. The van der Waals surface area contributed by atoms with Crippen LogP contribution in [0.2, 0.25) is 0 Å². The monoisotopic (exact) mass is 328 g/mol. The molecule has 0 spiro atoms. The number of halogens is 1. The van der Waals surface area contributed by atoms with Crippen LogP contribution in [0.3, 0.4) is 0 Å². The number of β-amino-alcohol motifs (C(OH)–C–C–N with tert-alkyl or cyclic N) is 1. The third kappa shape index (κ3) is 3.78. The van der Waals surface area contributed by atoms with Crippen molar-refractivity contribution in [1.29, 1.82) is 0 Å². The quantitative estimate of drug-likeness (QED) is 0.918. The second-order valence-corrected chi connectivity index (χ2v) is 5.37. The molecule has 0 aliphatic carbocycles. The SMILES string of the molecule is O=C1CCC(c2ccc(Oc3ccc(F)cc3)cc2)=NN1CCO. The van der Waals surface area contributed by atoms with Gasteiger partial charge in [-0.1, -0.05) is 0 Å². The molecular formula is C18H17FN2O3. The van der Waals surface area contributed by atoms with Crippen molar-refractivity contribution in [2.24, 2.45) is 5.10 Å². The molecule has 124 valence electrons. The van der Waals surface area contributed by atoms with Crippen LogP contribution in [0.25, 0.3) is 0 Å². The lowest BCUT2D eigenvalue weighted by molar-refractivity contribution is -0.132. The maximum Gasteiger partial charge on any atom is 0.243 e. The lowest BCUT2D eigenvalue weighted by atomic mass is 10.0. The molecule has 1 amide bonds. The lowest BCUT2D eigenvalue weighted by Gasteiger charge is -2.22. The molecular weight excluding hydrogens is 311 g/mol. The van der Waals surface area contributed by atoms with E-state index in [2.05, 4.69) is 5.10 Å². The summed E-state index contributed by atoms with van der Waals surface area (Å²) in [4.78, 5) is 11.7. The molecule has 5 nitrogen and oxygen atoms in total. The zero-order valence-electron chi connectivity index (χ0n) is 13.0. The number of amides is 1. The average Bonchev–Trinajstić information content (AvgIpc) is 2.60. The summed E-state index contributed by atoms with van der Waals surface area (Å²) in [5, 5.41) is 14.6. The number of hydrazone groups is 1. The highest BCUT2D eigenvalue weighted by Gasteiger charge is 2.20. The number of carbonyl (C=O) groups is 1. The molecule has 0 saturated carbocycles. The molecule has 24 heavy (non-hydrogen) atoms. The van der Waals surface area contributed by atoms with E-state index in [1.165, 1.54) is 17.1 Å². The maximum atomic E-state index is 12.9. The fourth-order valence-electron chi connectivity index (χ4n) is 2.43. The Morgan fingerprint density at radius 3 is 2.29 bits per heavy atom. The van der Waals surface area contributed by atoms with Crippen molar-refractivity contribution in [2.45, 2.75) is 12.8 Å². The van der Waals surface area contributed by atoms with Gasteiger partial charge in [-0.3, -0.25) is 4.79 Å². The van der Waals surface area contributed by atoms with Gasteiger partial charge in [0.05, 0.1) is 18.9 Å². The highest BCUT2D eigenvalue weighted by atomic mass is 19.1. The van der Waals surface area contributed by atoms with Crippen molar-refractivity contribution in [2.75, 3.05) is 13.2 Å². The highest BCUT2D eigenvalue weighted by Crippen LogP contribution is 2.23. The van der Waals surface area contributed by atoms with Crippen LogP contribution in [0.1, 0.15) is 18.4 Å². The number of aliphatic hydroxyl groups excluding tert-OH is 1. The van der Waals surface area contributed by atoms with Crippen molar-refractivity contribution < 1.29 is 19.0 Å². The first-order valence-corrected chi connectivity index (χ1v) is 7.68. The molecule has 0 bridgehead atoms. The van der Waals surface area contributed by atoms with E-state index >= 15 is 0 Å². The third-order valence-electron chi connectivity index (χ3n) is 3.65. The second-order valence-electron chi connectivity index (χ2n) is 5.37. The Morgan fingerprint density at radius 2 is 1.67 bits per heavy atom. The number of hydrogen-bond donors (Lipinski definition) is 1.